The van der Waals surface area contributed by atoms with E-state index in [1.165, 1.54) is 10.4 Å². The Morgan fingerprint density at radius 3 is 2.71 bits per heavy atom. The molecule has 0 aliphatic rings. The summed E-state index contributed by atoms with van der Waals surface area (Å²) in [7, 11) is 0. The van der Waals surface area contributed by atoms with Crippen molar-refractivity contribution in [3.8, 4) is 0 Å². The van der Waals surface area contributed by atoms with E-state index in [0.717, 1.165) is 15.5 Å². The van der Waals surface area contributed by atoms with Crippen molar-refractivity contribution in [2.75, 3.05) is 0 Å². The van der Waals surface area contributed by atoms with Gasteiger partial charge in [-0.1, -0.05) is 28.1 Å². The summed E-state index contributed by atoms with van der Waals surface area (Å²) in [5.41, 5.74) is 1.30. The highest BCUT2D eigenvalue weighted by Gasteiger charge is 2.05. The highest BCUT2D eigenvalue weighted by Crippen LogP contribution is 2.22. The third-order valence-electron chi connectivity index (χ3n) is 2.55. The molecule has 0 radical (unpaired) electrons. The van der Waals surface area contributed by atoms with Crippen LogP contribution in [-0.2, 0) is 6.54 Å². The minimum absolute atomic E-state index is 0.355. The molecule has 1 atom stereocenters. The first-order valence-electron chi connectivity index (χ1n) is 5.37. The highest BCUT2D eigenvalue weighted by molar-refractivity contribution is 9.10. The maximum atomic E-state index is 3.52. The van der Waals surface area contributed by atoms with Gasteiger partial charge < -0.3 is 5.32 Å². The van der Waals surface area contributed by atoms with Crippen LogP contribution in [-0.4, -0.2) is 0 Å². The Balaban J connectivity index is 1.95. The molecule has 2 rings (SSSR count). The van der Waals surface area contributed by atoms with Gasteiger partial charge in [0.2, 0.25) is 0 Å². The summed E-state index contributed by atoms with van der Waals surface area (Å²) < 4.78 is 2.29. The van der Waals surface area contributed by atoms with Crippen molar-refractivity contribution in [3.63, 3.8) is 0 Å². The van der Waals surface area contributed by atoms with E-state index in [-0.39, 0.29) is 0 Å². The maximum absolute atomic E-state index is 3.52. The molecule has 0 aliphatic heterocycles. The number of benzene rings is 1. The lowest BCUT2D eigenvalue weighted by Crippen LogP contribution is -2.17. The Bertz CT molecular complexity index is 496. The molecule has 0 aliphatic carbocycles. The summed E-state index contributed by atoms with van der Waals surface area (Å²) in [6.07, 6.45) is 0. The van der Waals surface area contributed by atoms with Gasteiger partial charge >= 0.3 is 0 Å². The van der Waals surface area contributed by atoms with Crippen molar-refractivity contribution in [1.82, 2.24) is 5.32 Å². The van der Waals surface area contributed by atoms with Crippen molar-refractivity contribution in [2.24, 2.45) is 0 Å². The van der Waals surface area contributed by atoms with Crippen LogP contribution in [0.4, 0.5) is 0 Å². The molecule has 0 saturated heterocycles. The number of rotatable bonds is 4. The second-order valence-electron chi connectivity index (χ2n) is 3.89. The lowest BCUT2D eigenvalue weighted by atomic mass is 10.1. The normalized spacial score (nSPS) is 12.6. The molecule has 1 heterocycles. The van der Waals surface area contributed by atoms with Crippen LogP contribution < -0.4 is 5.32 Å². The van der Waals surface area contributed by atoms with Crippen LogP contribution >= 0.6 is 43.2 Å². The maximum Gasteiger partial charge on any atom is 0.0305 e. The molecule has 0 unspecified atom stereocenters. The van der Waals surface area contributed by atoms with Crippen molar-refractivity contribution in [2.45, 2.75) is 19.5 Å². The summed E-state index contributed by atoms with van der Waals surface area (Å²) in [6, 6.07) is 10.9. The third-order valence-corrected chi connectivity index (χ3v) is 4.74. The fourth-order valence-electron chi connectivity index (χ4n) is 1.59. The van der Waals surface area contributed by atoms with E-state index in [0.29, 0.717) is 6.04 Å². The number of hydrogen-bond acceptors (Lipinski definition) is 2. The summed E-state index contributed by atoms with van der Waals surface area (Å²) in [5, 5.41) is 5.64. The van der Waals surface area contributed by atoms with Gasteiger partial charge in [-0.15, -0.1) is 11.3 Å². The number of thiophene rings is 1. The zero-order chi connectivity index (χ0) is 12.3. The largest absolute Gasteiger partial charge is 0.305 e. The first kappa shape index (κ1) is 13.3. The summed E-state index contributed by atoms with van der Waals surface area (Å²) >= 11 is 8.74. The summed E-state index contributed by atoms with van der Waals surface area (Å²) in [5.74, 6) is 0. The highest BCUT2D eigenvalue weighted by atomic mass is 79.9. The van der Waals surface area contributed by atoms with Crippen LogP contribution in [0, 0.1) is 0 Å². The van der Waals surface area contributed by atoms with E-state index in [1.807, 2.05) is 6.07 Å². The van der Waals surface area contributed by atoms with Crippen LogP contribution in [0.1, 0.15) is 23.4 Å². The van der Waals surface area contributed by atoms with Gasteiger partial charge in [0.15, 0.2) is 0 Å². The Kier molecular flexibility index (Phi) is 4.79. The molecule has 0 fully saturated rings. The van der Waals surface area contributed by atoms with Crippen LogP contribution in [0.15, 0.2) is 44.7 Å². The SMILES string of the molecule is C[C@H](NCc1cc(Br)cs1)c1cccc(Br)c1. The number of halogens is 2. The molecule has 1 aromatic heterocycles. The van der Waals surface area contributed by atoms with Gasteiger partial charge in [0.25, 0.3) is 0 Å². The van der Waals surface area contributed by atoms with E-state index < -0.39 is 0 Å². The predicted molar refractivity (Wildman–Crippen MR) is 81.4 cm³/mol. The topological polar surface area (TPSA) is 12.0 Å². The lowest BCUT2D eigenvalue weighted by molar-refractivity contribution is 0.578. The second-order valence-corrected chi connectivity index (χ2v) is 6.72. The molecule has 1 nitrogen and oxygen atoms in total. The standard InChI is InChI=1S/C13H13Br2NS/c1-9(10-3-2-4-11(14)5-10)16-7-13-6-12(15)8-17-13/h2-6,8-9,16H,7H2,1H3/t9-/m0/s1. The zero-order valence-electron chi connectivity index (χ0n) is 9.41. The quantitative estimate of drug-likeness (QED) is 0.782. The van der Waals surface area contributed by atoms with Gasteiger partial charge in [0.05, 0.1) is 0 Å². The third kappa shape index (κ3) is 3.91. The minimum Gasteiger partial charge on any atom is -0.305 e. The number of nitrogens with one attached hydrogen (secondary N) is 1. The van der Waals surface area contributed by atoms with Gasteiger partial charge in [-0.2, -0.15) is 0 Å². The molecule has 0 spiro atoms. The van der Waals surface area contributed by atoms with Crippen LogP contribution in [0.5, 0.6) is 0 Å². The molecule has 2 aromatic rings. The lowest BCUT2D eigenvalue weighted by Gasteiger charge is -2.13. The first-order valence-corrected chi connectivity index (χ1v) is 7.83. The van der Waals surface area contributed by atoms with E-state index in [4.69, 9.17) is 0 Å². The molecule has 1 aromatic carbocycles. The summed E-state index contributed by atoms with van der Waals surface area (Å²) in [6.45, 7) is 3.09. The van der Waals surface area contributed by atoms with Crippen molar-refractivity contribution in [3.05, 3.63) is 55.1 Å². The van der Waals surface area contributed by atoms with Crippen molar-refractivity contribution >= 4 is 43.2 Å². The van der Waals surface area contributed by atoms with E-state index in [1.54, 1.807) is 11.3 Å². The molecule has 0 amide bonds. The zero-order valence-corrected chi connectivity index (χ0v) is 13.4. The minimum atomic E-state index is 0.355. The monoisotopic (exact) mass is 373 g/mol. The molecule has 17 heavy (non-hydrogen) atoms. The van der Waals surface area contributed by atoms with Gasteiger partial charge in [0.1, 0.15) is 0 Å². The van der Waals surface area contributed by atoms with Gasteiger partial charge in [-0.25, -0.2) is 0 Å². The van der Waals surface area contributed by atoms with Crippen molar-refractivity contribution < 1.29 is 0 Å². The molecular formula is C13H13Br2NS. The van der Waals surface area contributed by atoms with Crippen LogP contribution in [0.25, 0.3) is 0 Å². The van der Waals surface area contributed by atoms with E-state index in [2.05, 4.69) is 73.7 Å². The molecule has 0 saturated carbocycles. The molecule has 1 N–H and O–H groups in total. The smallest absolute Gasteiger partial charge is 0.0305 e. The Morgan fingerprint density at radius 2 is 2.06 bits per heavy atom. The average Bonchev–Trinajstić information content (AvgIpc) is 2.72. The predicted octanol–water partition coefficient (Wildman–Crippen LogP) is 5.12. The van der Waals surface area contributed by atoms with E-state index >= 15 is 0 Å². The van der Waals surface area contributed by atoms with Gasteiger partial charge in [-0.3, -0.25) is 0 Å². The van der Waals surface area contributed by atoms with Crippen molar-refractivity contribution in [1.29, 1.82) is 0 Å². The van der Waals surface area contributed by atoms with Gasteiger partial charge in [0, 0.05) is 31.8 Å². The van der Waals surface area contributed by atoms with E-state index in [9.17, 15) is 0 Å². The fourth-order valence-corrected chi connectivity index (χ4v) is 3.41. The Labute approximate surface area is 123 Å². The van der Waals surface area contributed by atoms with Crippen LogP contribution in [0.2, 0.25) is 0 Å². The van der Waals surface area contributed by atoms with Gasteiger partial charge in [-0.05, 0) is 46.6 Å². The Hall–Kier alpha value is -0.160. The molecule has 4 heteroatoms. The number of hydrogen-bond donors (Lipinski definition) is 1. The average molecular weight is 375 g/mol. The van der Waals surface area contributed by atoms with Crippen LogP contribution in [0.3, 0.4) is 0 Å². The molecule has 0 bridgehead atoms. The molecular weight excluding hydrogens is 362 g/mol. The fraction of sp³-hybridized carbons (Fsp3) is 0.231. The summed E-state index contributed by atoms with van der Waals surface area (Å²) in [4.78, 5) is 1.35. The Morgan fingerprint density at radius 1 is 1.24 bits per heavy atom. The first-order chi connectivity index (χ1) is 8.15. The molecule has 90 valence electrons. The second kappa shape index (κ2) is 6.14.